The summed E-state index contributed by atoms with van der Waals surface area (Å²) in [5.41, 5.74) is 4.43. The minimum Gasteiger partial charge on any atom is -0.457 e. The molecule has 0 spiro atoms. The van der Waals surface area contributed by atoms with Crippen LogP contribution in [0.5, 0.6) is 11.5 Å². The smallest absolute Gasteiger partial charge is 0.269 e. The third-order valence-electron chi connectivity index (χ3n) is 5.44. The van der Waals surface area contributed by atoms with Crippen molar-refractivity contribution in [2.75, 3.05) is 12.4 Å². The van der Waals surface area contributed by atoms with Gasteiger partial charge in [-0.05, 0) is 48.5 Å². The van der Waals surface area contributed by atoms with Crippen molar-refractivity contribution in [3.63, 3.8) is 0 Å². The van der Waals surface area contributed by atoms with Crippen LogP contribution in [0.3, 0.4) is 0 Å². The Labute approximate surface area is 206 Å². The van der Waals surface area contributed by atoms with Gasteiger partial charge in [0, 0.05) is 49.9 Å². The summed E-state index contributed by atoms with van der Waals surface area (Å²) in [6.45, 7) is 0. The number of imidazole rings is 1. The van der Waals surface area contributed by atoms with Gasteiger partial charge in [0.2, 0.25) is 5.95 Å². The molecule has 0 saturated carbocycles. The Morgan fingerprint density at radius 1 is 0.971 bits per heavy atom. The molecule has 3 heterocycles. The van der Waals surface area contributed by atoms with Gasteiger partial charge in [0.25, 0.3) is 5.91 Å². The van der Waals surface area contributed by atoms with Crippen molar-refractivity contribution in [3.05, 3.63) is 89.8 Å². The summed E-state index contributed by atoms with van der Waals surface area (Å²) in [5.74, 6) is 1.49. The van der Waals surface area contributed by atoms with E-state index in [0.29, 0.717) is 22.5 Å². The van der Waals surface area contributed by atoms with Gasteiger partial charge in [0.15, 0.2) is 0 Å². The van der Waals surface area contributed by atoms with E-state index in [9.17, 15) is 4.79 Å². The van der Waals surface area contributed by atoms with E-state index >= 15 is 0 Å². The topological polar surface area (TPSA) is 94.0 Å². The van der Waals surface area contributed by atoms with E-state index in [1.54, 1.807) is 25.4 Å². The summed E-state index contributed by atoms with van der Waals surface area (Å²) in [6.07, 6.45) is 3.27. The van der Waals surface area contributed by atoms with Crippen molar-refractivity contribution in [2.45, 2.75) is 0 Å². The average Bonchev–Trinajstić information content (AvgIpc) is 3.19. The molecule has 2 aromatic carbocycles. The number of aromatic nitrogens is 4. The van der Waals surface area contributed by atoms with Crippen molar-refractivity contribution in [1.82, 2.24) is 24.8 Å². The predicted octanol–water partition coefficient (Wildman–Crippen LogP) is 5.58. The van der Waals surface area contributed by atoms with Crippen LogP contribution in [0.15, 0.2) is 79.1 Å². The molecule has 3 aromatic heterocycles. The lowest BCUT2D eigenvalue weighted by molar-refractivity contribution is 0.0958. The highest BCUT2D eigenvalue weighted by Crippen LogP contribution is 2.32. The number of aryl methyl sites for hydroxylation is 1. The minimum atomic E-state index is -0.278. The quantitative estimate of drug-likeness (QED) is 0.327. The predicted molar refractivity (Wildman–Crippen MR) is 136 cm³/mol. The number of hydrogen-bond donors (Lipinski definition) is 2. The number of halogens is 1. The Morgan fingerprint density at radius 3 is 2.63 bits per heavy atom. The molecule has 0 aliphatic carbocycles. The van der Waals surface area contributed by atoms with Gasteiger partial charge >= 0.3 is 0 Å². The van der Waals surface area contributed by atoms with Crippen LogP contribution in [0.4, 0.5) is 11.6 Å². The second-order valence-corrected chi connectivity index (χ2v) is 8.14. The molecule has 2 N–H and O–H groups in total. The maximum absolute atomic E-state index is 11.8. The van der Waals surface area contributed by atoms with Crippen LogP contribution in [-0.2, 0) is 7.05 Å². The second kappa shape index (κ2) is 9.44. The molecule has 5 aromatic rings. The Morgan fingerprint density at radius 2 is 1.83 bits per heavy atom. The van der Waals surface area contributed by atoms with Gasteiger partial charge in [-0.25, -0.2) is 4.98 Å². The first-order valence-corrected chi connectivity index (χ1v) is 11.2. The molecule has 0 unspecified atom stereocenters. The number of fused-ring (bicyclic) bond motifs is 1. The lowest BCUT2D eigenvalue weighted by Gasteiger charge is -2.10. The molecule has 0 atom stereocenters. The summed E-state index contributed by atoms with van der Waals surface area (Å²) in [6, 6.07) is 20.3. The number of nitrogens with zero attached hydrogens (tertiary/aromatic N) is 4. The SMILES string of the molecule is CNC(=O)c1cc(Oc2ccc3c(c2)nc(Nc2ccc(Cl)c(-c4ccccn4)c2)n3C)ccn1. The van der Waals surface area contributed by atoms with Gasteiger partial charge in [-0.3, -0.25) is 14.8 Å². The largest absolute Gasteiger partial charge is 0.457 e. The number of anilines is 2. The van der Waals surface area contributed by atoms with Crippen LogP contribution in [0.1, 0.15) is 10.5 Å². The molecule has 0 fully saturated rings. The van der Waals surface area contributed by atoms with Crippen molar-refractivity contribution in [3.8, 4) is 22.8 Å². The van der Waals surface area contributed by atoms with Crippen molar-refractivity contribution >= 4 is 40.2 Å². The number of ether oxygens (including phenoxy) is 1. The Hall–Kier alpha value is -4.43. The average molecular weight is 485 g/mol. The third kappa shape index (κ3) is 4.64. The molecule has 9 heteroatoms. The normalized spacial score (nSPS) is 10.8. The van der Waals surface area contributed by atoms with E-state index in [-0.39, 0.29) is 11.6 Å². The van der Waals surface area contributed by atoms with Gasteiger partial charge in [0.05, 0.1) is 21.7 Å². The maximum atomic E-state index is 11.8. The molecule has 35 heavy (non-hydrogen) atoms. The Balaban J connectivity index is 1.41. The van der Waals surface area contributed by atoms with Gasteiger partial charge in [0.1, 0.15) is 17.2 Å². The minimum absolute atomic E-state index is 0.278. The first kappa shape index (κ1) is 22.4. The van der Waals surface area contributed by atoms with E-state index in [1.807, 2.05) is 66.2 Å². The molecule has 0 aliphatic heterocycles. The lowest BCUT2D eigenvalue weighted by atomic mass is 10.1. The molecule has 0 aliphatic rings. The van der Waals surface area contributed by atoms with Crippen LogP contribution in [0, 0.1) is 0 Å². The third-order valence-corrected chi connectivity index (χ3v) is 5.77. The maximum Gasteiger partial charge on any atom is 0.269 e. The van der Waals surface area contributed by atoms with Gasteiger partial charge < -0.3 is 19.9 Å². The molecule has 174 valence electrons. The van der Waals surface area contributed by atoms with Crippen LogP contribution < -0.4 is 15.4 Å². The summed E-state index contributed by atoms with van der Waals surface area (Å²) >= 11 is 6.42. The highest BCUT2D eigenvalue weighted by Gasteiger charge is 2.12. The summed E-state index contributed by atoms with van der Waals surface area (Å²) in [5, 5.41) is 6.54. The van der Waals surface area contributed by atoms with Crippen LogP contribution in [-0.4, -0.2) is 32.5 Å². The molecule has 5 rings (SSSR count). The van der Waals surface area contributed by atoms with E-state index in [4.69, 9.17) is 21.3 Å². The number of carbonyl (C=O) groups is 1. The summed E-state index contributed by atoms with van der Waals surface area (Å²) in [7, 11) is 3.49. The first-order chi connectivity index (χ1) is 17.0. The van der Waals surface area contributed by atoms with Crippen LogP contribution in [0.25, 0.3) is 22.3 Å². The van der Waals surface area contributed by atoms with Crippen molar-refractivity contribution < 1.29 is 9.53 Å². The van der Waals surface area contributed by atoms with E-state index in [0.717, 1.165) is 28.0 Å². The number of carbonyl (C=O) groups excluding carboxylic acids is 1. The monoisotopic (exact) mass is 484 g/mol. The molecule has 8 nitrogen and oxygen atoms in total. The van der Waals surface area contributed by atoms with Crippen molar-refractivity contribution in [1.29, 1.82) is 0 Å². The highest BCUT2D eigenvalue weighted by molar-refractivity contribution is 6.33. The number of benzene rings is 2. The van der Waals surface area contributed by atoms with E-state index in [2.05, 4.69) is 20.6 Å². The molecule has 0 radical (unpaired) electrons. The fraction of sp³-hybridized carbons (Fsp3) is 0.0769. The molecular weight excluding hydrogens is 464 g/mol. The molecular formula is C26H21ClN6O2. The Bertz CT molecular complexity index is 1530. The van der Waals surface area contributed by atoms with Gasteiger partial charge in [-0.15, -0.1) is 0 Å². The van der Waals surface area contributed by atoms with Crippen LogP contribution in [0.2, 0.25) is 5.02 Å². The van der Waals surface area contributed by atoms with Crippen molar-refractivity contribution in [2.24, 2.45) is 7.05 Å². The molecule has 0 saturated heterocycles. The number of nitrogens with one attached hydrogen (secondary N) is 2. The molecule has 0 bridgehead atoms. The number of hydrogen-bond acceptors (Lipinski definition) is 6. The highest BCUT2D eigenvalue weighted by atomic mass is 35.5. The van der Waals surface area contributed by atoms with E-state index < -0.39 is 0 Å². The van der Waals surface area contributed by atoms with Crippen LogP contribution >= 0.6 is 11.6 Å². The zero-order valence-electron chi connectivity index (χ0n) is 19.0. The van der Waals surface area contributed by atoms with E-state index in [1.165, 1.54) is 6.20 Å². The fourth-order valence-electron chi connectivity index (χ4n) is 3.67. The standard InChI is InChI=1S/C26H21ClN6O2/c1-28-25(34)23-15-18(10-12-30-23)35-17-7-9-24-22(14-17)32-26(33(24)2)31-16-6-8-20(27)19(13-16)21-5-3-4-11-29-21/h3-15H,1-2H3,(H,28,34)(H,31,32). The lowest BCUT2D eigenvalue weighted by Crippen LogP contribution is -2.18. The zero-order valence-corrected chi connectivity index (χ0v) is 19.7. The second-order valence-electron chi connectivity index (χ2n) is 7.74. The van der Waals surface area contributed by atoms with Gasteiger partial charge in [-0.2, -0.15) is 0 Å². The number of amides is 1. The summed E-state index contributed by atoms with van der Waals surface area (Å²) in [4.78, 5) is 25.0. The summed E-state index contributed by atoms with van der Waals surface area (Å²) < 4.78 is 7.92. The Kier molecular flexibility index (Phi) is 6.03. The zero-order chi connectivity index (χ0) is 24.4. The number of rotatable bonds is 6. The fourth-order valence-corrected chi connectivity index (χ4v) is 3.88. The van der Waals surface area contributed by atoms with Gasteiger partial charge in [-0.1, -0.05) is 17.7 Å². The first-order valence-electron chi connectivity index (χ1n) is 10.8. The molecule has 1 amide bonds. The number of pyridine rings is 2.